The van der Waals surface area contributed by atoms with Gasteiger partial charge < -0.3 is 10.1 Å². The SMILES string of the molecule is COc1ccc(Nc2nc(=O)cnn2CC2=CC=C(F)C(F)C2)c(C)c1. The molecule has 0 spiro atoms. The van der Waals surface area contributed by atoms with Gasteiger partial charge in [-0.2, -0.15) is 10.1 Å². The lowest BCUT2D eigenvalue weighted by atomic mass is 10.0. The normalized spacial score (nSPS) is 16.7. The van der Waals surface area contributed by atoms with Crippen LogP contribution in [0.25, 0.3) is 0 Å². The number of hydrogen-bond donors (Lipinski definition) is 1. The van der Waals surface area contributed by atoms with Gasteiger partial charge in [0.1, 0.15) is 17.8 Å². The molecular formula is C18H18F2N4O2. The Bertz CT molecular complexity index is 937. The van der Waals surface area contributed by atoms with Crippen LogP contribution in [0.2, 0.25) is 0 Å². The number of hydrogen-bond acceptors (Lipinski definition) is 5. The minimum atomic E-state index is -1.65. The first-order valence-electron chi connectivity index (χ1n) is 8.01. The molecule has 136 valence electrons. The third-order valence-electron chi connectivity index (χ3n) is 4.02. The number of benzene rings is 1. The Kier molecular flexibility index (Phi) is 5.11. The molecule has 3 rings (SSSR count). The fourth-order valence-electron chi connectivity index (χ4n) is 2.60. The molecular weight excluding hydrogens is 342 g/mol. The number of allylic oxidation sites excluding steroid dienone is 4. The highest BCUT2D eigenvalue weighted by molar-refractivity contribution is 5.59. The molecule has 26 heavy (non-hydrogen) atoms. The summed E-state index contributed by atoms with van der Waals surface area (Å²) in [5, 5.41) is 7.12. The van der Waals surface area contributed by atoms with Crippen molar-refractivity contribution in [2.75, 3.05) is 12.4 Å². The van der Waals surface area contributed by atoms with Crippen LogP contribution in [-0.4, -0.2) is 28.0 Å². The van der Waals surface area contributed by atoms with E-state index < -0.39 is 17.6 Å². The van der Waals surface area contributed by atoms with E-state index in [1.165, 1.54) is 10.8 Å². The second-order valence-corrected chi connectivity index (χ2v) is 5.93. The van der Waals surface area contributed by atoms with Gasteiger partial charge in [-0.3, -0.25) is 4.79 Å². The standard InChI is InChI=1S/C18H18F2N4O2/c1-11-7-13(26-2)4-6-16(11)22-18-23-17(25)9-21-24(18)10-12-3-5-14(19)15(20)8-12/h3-7,9,15H,8,10H2,1-2H3,(H,22,23,25). The highest BCUT2D eigenvalue weighted by atomic mass is 19.2. The third kappa shape index (κ3) is 3.96. The lowest BCUT2D eigenvalue weighted by molar-refractivity contribution is 0.316. The second kappa shape index (κ2) is 7.47. The summed E-state index contributed by atoms with van der Waals surface area (Å²) >= 11 is 0. The van der Waals surface area contributed by atoms with Crippen LogP contribution < -0.4 is 15.6 Å². The molecule has 1 unspecified atom stereocenters. The Labute approximate surface area is 148 Å². The molecule has 1 aliphatic carbocycles. The van der Waals surface area contributed by atoms with Gasteiger partial charge in [-0.25, -0.2) is 13.5 Å². The quantitative estimate of drug-likeness (QED) is 0.887. The van der Waals surface area contributed by atoms with Gasteiger partial charge in [0, 0.05) is 12.1 Å². The van der Waals surface area contributed by atoms with Crippen molar-refractivity contribution in [1.29, 1.82) is 0 Å². The van der Waals surface area contributed by atoms with E-state index in [2.05, 4.69) is 15.4 Å². The van der Waals surface area contributed by atoms with E-state index in [-0.39, 0.29) is 18.9 Å². The number of anilines is 2. The molecule has 1 atom stereocenters. The number of aryl methyl sites for hydroxylation is 1. The van der Waals surface area contributed by atoms with Crippen LogP contribution in [0.4, 0.5) is 20.4 Å². The van der Waals surface area contributed by atoms with Crippen molar-refractivity contribution in [2.45, 2.75) is 26.1 Å². The Hall–Kier alpha value is -3.03. The number of nitrogens with one attached hydrogen (secondary N) is 1. The monoisotopic (exact) mass is 360 g/mol. The van der Waals surface area contributed by atoms with Crippen molar-refractivity contribution < 1.29 is 13.5 Å². The highest BCUT2D eigenvalue weighted by Gasteiger charge is 2.19. The number of rotatable bonds is 5. The fraction of sp³-hybridized carbons (Fsp3) is 0.278. The molecule has 1 heterocycles. The smallest absolute Gasteiger partial charge is 0.293 e. The topological polar surface area (TPSA) is 69.0 Å². The summed E-state index contributed by atoms with van der Waals surface area (Å²) in [5.74, 6) is 0.142. The van der Waals surface area contributed by atoms with Crippen LogP contribution in [0.5, 0.6) is 5.75 Å². The van der Waals surface area contributed by atoms with E-state index in [1.54, 1.807) is 19.2 Å². The van der Waals surface area contributed by atoms with Crippen molar-refractivity contribution in [3.63, 3.8) is 0 Å². The first-order valence-corrected chi connectivity index (χ1v) is 8.01. The number of nitrogens with zero attached hydrogens (tertiary/aromatic N) is 3. The summed E-state index contributed by atoms with van der Waals surface area (Å²) in [6.45, 7) is 2.07. The van der Waals surface area contributed by atoms with E-state index in [0.717, 1.165) is 23.5 Å². The lowest BCUT2D eigenvalue weighted by Gasteiger charge is -2.18. The van der Waals surface area contributed by atoms with Gasteiger partial charge in [0.15, 0.2) is 6.17 Å². The molecule has 0 saturated carbocycles. The van der Waals surface area contributed by atoms with Crippen molar-refractivity contribution in [3.05, 3.63) is 63.9 Å². The maximum atomic E-state index is 13.6. The van der Waals surface area contributed by atoms with E-state index in [4.69, 9.17) is 4.74 Å². The van der Waals surface area contributed by atoms with Crippen molar-refractivity contribution in [1.82, 2.24) is 14.8 Å². The van der Waals surface area contributed by atoms with Gasteiger partial charge in [0.05, 0.1) is 13.7 Å². The van der Waals surface area contributed by atoms with E-state index in [0.29, 0.717) is 11.3 Å². The number of ether oxygens (including phenoxy) is 1. The van der Waals surface area contributed by atoms with E-state index in [9.17, 15) is 13.6 Å². The van der Waals surface area contributed by atoms with Gasteiger partial charge in [-0.05, 0) is 42.3 Å². The number of halogens is 2. The highest BCUT2D eigenvalue weighted by Crippen LogP contribution is 2.26. The lowest BCUT2D eigenvalue weighted by Crippen LogP contribution is -2.21. The zero-order chi connectivity index (χ0) is 18.7. The number of methoxy groups -OCH3 is 1. The van der Waals surface area contributed by atoms with Gasteiger partial charge in [-0.15, -0.1) is 0 Å². The molecule has 1 aromatic carbocycles. The summed E-state index contributed by atoms with van der Waals surface area (Å²) < 4.78 is 33.3. The molecule has 8 heteroatoms. The summed E-state index contributed by atoms with van der Waals surface area (Å²) in [6.07, 6.45) is 2.01. The molecule has 1 aromatic heterocycles. The molecule has 0 amide bonds. The molecule has 0 fully saturated rings. The predicted octanol–water partition coefficient (Wildman–Crippen LogP) is 3.22. The maximum absolute atomic E-state index is 13.6. The van der Waals surface area contributed by atoms with Crippen LogP contribution in [0, 0.1) is 6.92 Å². The predicted molar refractivity (Wildman–Crippen MR) is 94.1 cm³/mol. The average Bonchev–Trinajstić information content (AvgIpc) is 2.62. The Morgan fingerprint density at radius 3 is 2.88 bits per heavy atom. The largest absolute Gasteiger partial charge is 0.497 e. The van der Waals surface area contributed by atoms with E-state index in [1.807, 2.05) is 13.0 Å². The summed E-state index contributed by atoms with van der Waals surface area (Å²) in [5.41, 5.74) is 1.76. The van der Waals surface area contributed by atoms with Crippen LogP contribution >= 0.6 is 0 Å². The second-order valence-electron chi connectivity index (χ2n) is 5.93. The van der Waals surface area contributed by atoms with Gasteiger partial charge in [-0.1, -0.05) is 6.08 Å². The van der Waals surface area contributed by atoms with E-state index >= 15 is 0 Å². The molecule has 6 nitrogen and oxygen atoms in total. The molecule has 1 N–H and O–H groups in total. The number of alkyl halides is 1. The van der Waals surface area contributed by atoms with Crippen molar-refractivity contribution in [2.24, 2.45) is 0 Å². The first-order chi connectivity index (χ1) is 12.5. The zero-order valence-electron chi connectivity index (χ0n) is 14.4. The number of aromatic nitrogens is 3. The minimum absolute atomic E-state index is 0.0584. The molecule has 0 radical (unpaired) electrons. The van der Waals surface area contributed by atoms with Crippen molar-refractivity contribution in [3.8, 4) is 5.75 Å². The van der Waals surface area contributed by atoms with Crippen LogP contribution in [0.1, 0.15) is 12.0 Å². The molecule has 2 aromatic rings. The Morgan fingerprint density at radius 2 is 2.19 bits per heavy atom. The van der Waals surface area contributed by atoms with Crippen LogP contribution in [0.15, 0.2) is 52.7 Å². The summed E-state index contributed by atoms with van der Waals surface area (Å²) in [4.78, 5) is 15.6. The molecule has 1 aliphatic rings. The summed E-state index contributed by atoms with van der Waals surface area (Å²) in [6, 6.07) is 5.42. The molecule has 0 saturated heterocycles. The van der Waals surface area contributed by atoms with Gasteiger partial charge >= 0.3 is 0 Å². The molecule has 0 aliphatic heterocycles. The maximum Gasteiger partial charge on any atom is 0.293 e. The molecule has 0 bridgehead atoms. The Morgan fingerprint density at radius 1 is 1.38 bits per heavy atom. The van der Waals surface area contributed by atoms with Gasteiger partial charge in [0.25, 0.3) is 5.56 Å². The minimum Gasteiger partial charge on any atom is -0.497 e. The van der Waals surface area contributed by atoms with Crippen LogP contribution in [0.3, 0.4) is 0 Å². The average molecular weight is 360 g/mol. The Balaban J connectivity index is 1.88. The fourth-order valence-corrected chi connectivity index (χ4v) is 2.60. The summed E-state index contributed by atoms with van der Waals surface area (Å²) in [7, 11) is 1.58. The van der Waals surface area contributed by atoms with Gasteiger partial charge in [0.2, 0.25) is 5.95 Å². The first kappa shape index (κ1) is 17.8. The third-order valence-corrected chi connectivity index (χ3v) is 4.02. The van der Waals surface area contributed by atoms with Crippen molar-refractivity contribution >= 4 is 11.6 Å². The zero-order valence-corrected chi connectivity index (χ0v) is 14.4. The van der Waals surface area contributed by atoms with Crippen LogP contribution in [-0.2, 0) is 6.54 Å².